The second kappa shape index (κ2) is 6.97. The van der Waals surface area contributed by atoms with Crippen LogP contribution in [0.1, 0.15) is 49.8 Å². The summed E-state index contributed by atoms with van der Waals surface area (Å²) < 4.78 is 0. The molecule has 4 N–H and O–H groups in total. The van der Waals surface area contributed by atoms with E-state index in [0.29, 0.717) is 23.6 Å². The number of fused-ring (bicyclic) bond motifs is 1. The normalized spacial score (nSPS) is 25.9. The Hall–Kier alpha value is -1.40. The first kappa shape index (κ1) is 18.0. The molecule has 0 saturated carbocycles. The molecule has 2 fully saturated rings. The van der Waals surface area contributed by atoms with E-state index in [1.165, 1.54) is 76.0 Å². The number of nitrogens with zero attached hydrogens (tertiary/aromatic N) is 4. The monoisotopic (exact) mass is 358 g/mol. The molecule has 0 aromatic carbocycles. The van der Waals surface area contributed by atoms with Crippen LogP contribution >= 0.6 is 0 Å². The fourth-order valence-electron chi connectivity index (χ4n) is 6.00. The zero-order valence-corrected chi connectivity index (χ0v) is 16.4. The van der Waals surface area contributed by atoms with Gasteiger partial charge in [-0.15, -0.1) is 0 Å². The lowest BCUT2D eigenvalue weighted by molar-refractivity contribution is 0.0448. The Kier molecular flexibility index (Phi) is 4.82. The Balaban J connectivity index is 1.80. The molecule has 0 bridgehead atoms. The highest BCUT2D eigenvalue weighted by Gasteiger charge is 2.51. The van der Waals surface area contributed by atoms with Crippen molar-refractivity contribution in [2.45, 2.75) is 50.4 Å². The lowest BCUT2D eigenvalue weighted by Crippen LogP contribution is -2.52. The molecule has 6 heteroatoms. The zero-order chi connectivity index (χ0) is 18.3. The Labute approximate surface area is 157 Å². The van der Waals surface area contributed by atoms with Crippen molar-refractivity contribution in [1.29, 1.82) is 0 Å². The van der Waals surface area contributed by atoms with Crippen LogP contribution in [0.4, 0.5) is 11.8 Å². The number of hydrogen-bond donors (Lipinski definition) is 2. The molecule has 0 radical (unpaired) electrons. The van der Waals surface area contributed by atoms with E-state index >= 15 is 0 Å². The number of piperidine rings is 2. The number of likely N-dealkylation sites (tertiary alicyclic amines) is 2. The van der Waals surface area contributed by atoms with Crippen LogP contribution in [0.25, 0.3) is 0 Å². The molecule has 0 unspecified atom stereocenters. The van der Waals surface area contributed by atoms with Gasteiger partial charge in [0.05, 0.1) is 5.69 Å². The number of rotatable bonds is 2. The third kappa shape index (κ3) is 2.97. The van der Waals surface area contributed by atoms with Crippen LogP contribution in [0.5, 0.6) is 0 Å². The summed E-state index contributed by atoms with van der Waals surface area (Å²) in [5, 5.41) is 0. The van der Waals surface area contributed by atoms with Gasteiger partial charge in [0.2, 0.25) is 5.95 Å². The summed E-state index contributed by atoms with van der Waals surface area (Å²) in [5.41, 5.74) is 15.0. The number of nitrogens with two attached hydrogens (primary N) is 2. The highest BCUT2D eigenvalue weighted by molar-refractivity contribution is 5.50. The molecule has 1 aromatic rings. The molecule has 26 heavy (non-hydrogen) atoms. The van der Waals surface area contributed by atoms with Crippen molar-refractivity contribution in [3.63, 3.8) is 0 Å². The molecular weight excluding hydrogens is 324 g/mol. The van der Waals surface area contributed by atoms with Crippen molar-refractivity contribution in [3.05, 3.63) is 11.3 Å². The van der Waals surface area contributed by atoms with Crippen LogP contribution in [0, 0.1) is 11.8 Å². The van der Waals surface area contributed by atoms with E-state index in [9.17, 15) is 0 Å². The fraction of sp³-hybridized carbons (Fsp3) is 0.800. The Morgan fingerprint density at radius 3 is 1.96 bits per heavy atom. The van der Waals surface area contributed by atoms with Gasteiger partial charge in [-0.05, 0) is 97.1 Å². The second-order valence-corrected chi connectivity index (χ2v) is 8.84. The molecule has 0 spiro atoms. The molecule has 3 aliphatic rings. The highest BCUT2D eigenvalue weighted by atomic mass is 15.1. The van der Waals surface area contributed by atoms with Crippen LogP contribution in [0.2, 0.25) is 0 Å². The summed E-state index contributed by atoms with van der Waals surface area (Å²) in [6.45, 7) is 4.74. The molecule has 3 heterocycles. The summed E-state index contributed by atoms with van der Waals surface area (Å²) in [5.74, 6) is 2.34. The fourth-order valence-corrected chi connectivity index (χ4v) is 6.00. The molecule has 0 atom stereocenters. The van der Waals surface area contributed by atoms with E-state index < -0.39 is 0 Å². The van der Waals surface area contributed by atoms with Crippen LogP contribution in [-0.4, -0.2) is 60.0 Å². The maximum Gasteiger partial charge on any atom is 0.222 e. The molecule has 0 amide bonds. The number of nitrogen functional groups attached to an aromatic ring is 2. The van der Waals surface area contributed by atoms with Crippen LogP contribution in [-0.2, 0) is 11.8 Å². The topological polar surface area (TPSA) is 84.3 Å². The summed E-state index contributed by atoms with van der Waals surface area (Å²) in [4.78, 5) is 14.1. The summed E-state index contributed by atoms with van der Waals surface area (Å²) >= 11 is 0. The summed E-state index contributed by atoms with van der Waals surface area (Å²) in [7, 11) is 4.48. The number of anilines is 2. The molecule has 2 saturated heterocycles. The van der Waals surface area contributed by atoms with E-state index in [0.717, 1.165) is 6.42 Å². The van der Waals surface area contributed by atoms with Crippen molar-refractivity contribution >= 4 is 11.8 Å². The molecule has 6 nitrogen and oxygen atoms in total. The molecule has 2 aliphatic heterocycles. The first-order valence-electron chi connectivity index (χ1n) is 10.3. The zero-order valence-electron chi connectivity index (χ0n) is 16.4. The van der Waals surface area contributed by atoms with Crippen molar-refractivity contribution in [1.82, 2.24) is 19.8 Å². The lowest BCUT2D eigenvalue weighted by Gasteiger charge is -2.53. The first-order valence-corrected chi connectivity index (χ1v) is 10.3. The molecule has 4 rings (SSSR count). The minimum absolute atomic E-state index is 0.140. The maximum atomic E-state index is 6.32. The van der Waals surface area contributed by atoms with Gasteiger partial charge in [-0.3, -0.25) is 0 Å². The van der Waals surface area contributed by atoms with Crippen LogP contribution < -0.4 is 11.5 Å². The highest BCUT2D eigenvalue weighted by Crippen LogP contribution is 2.54. The summed E-state index contributed by atoms with van der Waals surface area (Å²) in [6.07, 6.45) is 8.46. The van der Waals surface area contributed by atoms with Crippen molar-refractivity contribution < 1.29 is 0 Å². The van der Waals surface area contributed by atoms with E-state index in [-0.39, 0.29) is 5.41 Å². The average molecular weight is 359 g/mol. The number of hydrogen-bond acceptors (Lipinski definition) is 6. The van der Waals surface area contributed by atoms with E-state index in [1.54, 1.807) is 0 Å². The third-order valence-electron chi connectivity index (χ3n) is 7.41. The van der Waals surface area contributed by atoms with Gasteiger partial charge in [-0.25, -0.2) is 4.98 Å². The van der Waals surface area contributed by atoms with Crippen LogP contribution in [0.15, 0.2) is 0 Å². The Morgan fingerprint density at radius 2 is 1.42 bits per heavy atom. The minimum atomic E-state index is 0.140. The number of aromatic nitrogens is 2. The average Bonchev–Trinajstić information content (AvgIpc) is 2.63. The Morgan fingerprint density at radius 1 is 0.885 bits per heavy atom. The minimum Gasteiger partial charge on any atom is -0.383 e. The third-order valence-corrected chi connectivity index (χ3v) is 7.41. The van der Waals surface area contributed by atoms with Gasteiger partial charge in [-0.1, -0.05) is 0 Å². The van der Waals surface area contributed by atoms with Crippen molar-refractivity contribution in [2.24, 2.45) is 11.8 Å². The molecule has 1 aromatic heterocycles. The second-order valence-electron chi connectivity index (χ2n) is 8.84. The predicted molar refractivity (Wildman–Crippen MR) is 106 cm³/mol. The van der Waals surface area contributed by atoms with Gasteiger partial charge in [-0.2, -0.15) is 4.98 Å². The van der Waals surface area contributed by atoms with Crippen molar-refractivity contribution in [2.75, 3.05) is 51.7 Å². The molecule has 1 aliphatic carbocycles. The van der Waals surface area contributed by atoms with Gasteiger partial charge < -0.3 is 21.3 Å². The quantitative estimate of drug-likeness (QED) is 0.840. The van der Waals surface area contributed by atoms with Gasteiger partial charge in [0.15, 0.2) is 0 Å². The predicted octanol–water partition coefficient (Wildman–Crippen LogP) is 1.90. The molecule has 144 valence electrons. The van der Waals surface area contributed by atoms with E-state index in [2.05, 4.69) is 28.9 Å². The van der Waals surface area contributed by atoms with Crippen LogP contribution in [0.3, 0.4) is 0 Å². The van der Waals surface area contributed by atoms with Gasteiger partial charge in [0.1, 0.15) is 5.82 Å². The van der Waals surface area contributed by atoms with Gasteiger partial charge in [0, 0.05) is 11.0 Å². The lowest BCUT2D eigenvalue weighted by atomic mass is 9.54. The summed E-state index contributed by atoms with van der Waals surface area (Å²) in [6, 6.07) is 0. The van der Waals surface area contributed by atoms with E-state index in [1.807, 2.05) is 0 Å². The SMILES string of the molecule is CN1CCC(C2(C3CCN(C)CC3)CCCc3c(N)nc(N)nc32)CC1. The van der Waals surface area contributed by atoms with Gasteiger partial charge >= 0.3 is 0 Å². The largest absolute Gasteiger partial charge is 0.383 e. The van der Waals surface area contributed by atoms with Gasteiger partial charge in [0.25, 0.3) is 0 Å². The maximum absolute atomic E-state index is 6.32. The Bertz CT molecular complexity index is 622. The van der Waals surface area contributed by atoms with E-state index in [4.69, 9.17) is 16.5 Å². The standard InChI is InChI=1S/C20H34N6/c1-25-10-5-14(6-11-25)20(15-7-12-26(2)13-8-15)9-3-4-16-17(20)23-19(22)24-18(16)21/h14-15H,3-13H2,1-2H3,(H4,21,22,23,24). The first-order chi connectivity index (χ1) is 12.5. The smallest absolute Gasteiger partial charge is 0.222 e. The van der Waals surface area contributed by atoms with Crippen molar-refractivity contribution in [3.8, 4) is 0 Å². The molecular formula is C20H34N6.